The summed E-state index contributed by atoms with van der Waals surface area (Å²) in [6.07, 6.45) is 2.54. The molecule has 0 saturated carbocycles. The quantitative estimate of drug-likeness (QED) is 0.844. The summed E-state index contributed by atoms with van der Waals surface area (Å²) in [5.74, 6) is 0.391. The largest absolute Gasteiger partial charge is 0.384 e. The minimum absolute atomic E-state index is 0.0360. The van der Waals surface area contributed by atoms with Gasteiger partial charge in [-0.05, 0) is 19.4 Å². The lowest BCUT2D eigenvalue weighted by Crippen LogP contribution is -2.29. The number of carbonyl (C=O) groups is 1. The number of nitrogens with zero attached hydrogens (tertiary/aromatic N) is 2. The fourth-order valence-electron chi connectivity index (χ4n) is 2.24. The van der Waals surface area contributed by atoms with Gasteiger partial charge in [-0.2, -0.15) is 0 Å². The number of likely N-dealkylation sites (tertiary alicyclic amines) is 1. The van der Waals surface area contributed by atoms with Crippen molar-refractivity contribution in [3.05, 3.63) is 28.5 Å². The van der Waals surface area contributed by atoms with Crippen LogP contribution in [0.4, 0.5) is 0 Å². The van der Waals surface area contributed by atoms with Gasteiger partial charge < -0.3 is 9.64 Å². The molecule has 1 atom stereocenters. The molecule has 0 radical (unpaired) electrons. The van der Waals surface area contributed by atoms with Crippen molar-refractivity contribution in [1.82, 2.24) is 9.88 Å². The molecule has 1 amide bonds. The van der Waals surface area contributed by atoms with Crippen LogP contribution in [0.5, 0.6) is 0 Å². The summed E-state index contributed by atoms with van der Waals surface area (Å²) in [7, 11) is 1.69. The minimum atomic E-state index is -0.0360. The van der Waals surface area contributed by atoms with E-state index in [2.05, 4.69) is 4.98 Å². The Morgan fingerprint density at radius 3 is 3.11 bits per heavy atom. The van der Waals surface area contributed by atoms with Crippen molar-refractivity contribution in [3.63, 3.8) is 0 Å². The molecule has 0 aromatic carbocycles. The van der Waals surface area contributed by atoms with E-state index in [1.165, 1.54) is 0 Å². The lowest BCUT2D eigenvalue weighted by atomic mass is 10.1. The summed E-state index contributed by atoms with van der Waals surface area (Å²) >= 11 is 6.09. The van der Waals surface area contributed by atoms with Crippen molar-refractivity contribution in [2.24, 2.45) is 5.92 Å². The molecule has 5 heteroatoms. The van der Waals surface area contributed by atoms with Crippen LogP contribution in [0.15, 0.2) is 12.3 Å². The molecular weight excluding hydrogens is 252 g/mol. The fraction of sp³-hybridized carbons (Fsp3) is 0.538. The maximum atomic E-state index is 12.3. The van der Waals surface area contributed by atoms with E-state index in [0.717, 1.165) is 25.2 Å². The minimum Gasteiger partial charge on any atom is -0.384 e. The van der Waals surface area contributed by atoms with Crippen molar-refractivity contribution in [2.45, 2.75) is 13.3 Å². The molecule has 0 N–H and O–H groups in total. The average molecular weight is 269 g/mol. The summed E-state index contributed by atoms with van der Waals surface area (Å²) in [5.41, 5.74) is 1.30. The standard InChI is InChI=1S/C13H17ClN2O2/c1-9-5-12(14)11(6-15-9)13(17)16-4-3-10(7-16)8-18-2/h5-6,10H,3-4,7-8H2,1-2H3. The number of halogens is 1. The maximum absolute atomic E-state index is 12.3. The van der Waals surface area contributed by atoms with Crippen molar-refractivity contribution >= 4 is 17.5 Å². The zero-order valence-corrected chi connectivity index (χ0v) is 11.4. The first-order valence-electron chi connectivity index (χ1n) is 6.02. The first kappa shape index (κ1) is 13.3. The van der Waals surface area contributed by atoms with Crippen LogP contribution >= 0.6 is 11.6 Å². The molecular formula is C13H17ClN2O2. The molecule has 1 unspecified atom stereocenters. The molecule has 18 heavy (non-hydrogen) atoms. The Hall–Kier alpha value is -1.13. The maximum Gasteiger partial charge on any atom is 0.256 e. The van der Waals surface area contributed by atoms with Gasteiger partial charge in [0.15, 0.2) is 0 Å². The van der Waals surface area contributed by atoms with Crippen LogP contribution in [0.25, 0.3) is 0 Å². The van der Waals surface area contributed by atoms with E-state index in [-0.39, 0.29) is 5.91 Å². The molecule has 1 saturated heterocycles. The highest BCUT2D eigenvalue weighted by Gasteiger charge is 2.28. The van der Waals surface area contributed by atoms with Gasteiger partial charge in [-0.15, -0.1) is 0 Å². The van der Waals surface area contributed by atoms with Crippen LogP contribution in [-0.2, 0) is 4.74 Å². The van der Waals surface area contributed by atoms with Crippen LogP contribution < -0.4 is 0 Å². The second kappa shape index (κ2) is 5.67. The summed E-state index contributed by atoms with van der Waals surface area (Å²) in [6, 6.07) is 1.72. The first-order chi connectivity index (χ1) is 8.61. The molecule has 1 aromatic rings. The van der Waals surface area contributed by atoms with Crippen molar-refractivity contribution < 1.29 is 9.53 Å². The molecule has 2 rings (SSSR count). The third kappa shape index (κ3) is 2.82. The SMILES string of the molecule is COCC1CCN(C(=O)c2cnc(C)cc2Cl)C1. The number of hydrogen-bond acceptors (Lipinski definition) is 3. The van der Waals surface area contributed by atoms with Gasteiger partial charge in [0, 0.05) is 38.0 Å². The Balaban J connectivity index is 2.08. The summed E-state index contributed by atoms with van der Waals surface area (Å²) in [6.45, 7) is 4.04. The summed E-state index contributed by atoms with van der Waals surface area (Å²) < 4.78 is 5.12. The van der Waals surface area contributed by atoms with Gasteiger partial charge >= 0.3 is 0 Å². The van der Waals surface area contributed by atoms with Crippen molar-refractivity contribution in [2.75, 3.05) is 26.8 Å². The highest BCUT2D eigenvalue weighted by Crippen LogP contribution is 2.22. The normalized spacial score (nSPS) is 19.3. The van der Waals surface area contributed by atoms with Gasteiger partial charge in [0.05, 0.1) is 17.2 Å². The number of pyridine rings is 1. The van der Waals surface area contributed by atoms with Gasteiger partial charge in [0.2, 0.25) is 0 Å². The molecule has 2 heterocycles. The average Bonchev–Trinajstić information content (AvgIpc) is 2.77. The lowest BCUT2D eigenvalue weighted by molar-refractivity contribution is 0.0775. The third-order valence-corrected chi connectivity index (χ3v) is 3.51. The molecule has 0 spiro atoms. The predicted octanol–water partition coefficient (Wildman–Crippen LogP) is 2.15. The van der Waals surface area contributed by atoms with Gasteiger partial charge in [0.1, 0.15) is 0 Å². The van der Waals surface area contributed by atoms with E-state index in [1.54, 1.807) is 19.4 Å². The number of hydrogen-bond donors (Lipinski definition) is 0. The number of aryl methyl sites for hydroxylation is 1. The van der Waals surface area contributed by atoms with E-state index in [0.29, 0.717) is 23.1 Å². The number of aromatic nitrogens is 1. The van der Waals surface area contributed by atoms with E-state index in [9.17, 15) is 4.79 Å². The molecule has 98 valence electrons. The fourth-order valence-corrected chi connectivity index (χ4v) is 2.53. The van der Waals surface area contributed by atoms with E-state index >= 15 is 0 Å². The molecule has 0 aliphatic carbocycles. The second-order valence-corrected chi connectivity index (χ2v) is 5.07. The van der Waals surface area contributed by atoms with Crippen LogP contribution in [0.1, 0.15) is 22.5 Å². The van der Waals surface area contributed by atoms with Crippen LogP contribution in [-0.4, -0.2) is 42.6 Å². The Morgan fingerprint density at radius 2 is 2.44 bits per heavy atom. The third-order valence-electron chi connectivity index (χ3n) is 3.20. The van der Waals surface area contributed by atoms with Crippen LogP contribution in [0.3, 0.4) is 0 Å². The van der Waals surface area contributed by atoms with Gasteiger partial charge in [0.25, 0.3) is 5.91 Å². The van der Waals surface area contributed by atoms with Crippen molar-refractivity contribution in [1.29, 1.82) is 0 Å². The molecule has 1 aromatic heterocycles. The molecule has 4 nitrogen and oxygen atoms in total. The van der Waals surface area contributed by atoms with E-state index < -0.39 is 0 Å². The Kier molecular flexibility index (Phi) is 4.19. The first-order valence-corrected chi connectivity index (χ1v) is 6.40. The van der Waals surface area contributed by atoms with Crippen LogP contribution in [0, 0.1) is 12.8 Å². The number of rotatable bonds is 3. The molecule has 0 bridgehead atoms. The highest BCUT2D eigenvalue weighted by atomic mass is 35.5. The van der Waals surface area contributed by atoms with Gasteiger partial charge in [-0.25, -0.2) is 0 Å². The lowest BCUT2D eigenvalue weighted by Gasteiger charge is -2.17. The van der Waals surface area contributed by atoms with Gasteiger partial charge in [-0.3, -0.25) is 9.78 Å². The Labute approximate surface area is 112 Å². The molecule has 1 aliphatic rings. The zero-order valence-electron chi connectivity index (χ0n) is 10.6. The predicted molar refractivity (Wildman–Crippen MR) is 69.9 cm³/mol. The Morgan fingerprint density at radius 1 is 1.67 bits per heavy atom. The number of methoxy groups -OCH3 is 1. The number of ether oxygens (including phenoxy) is 1. The summed E-state index contributed by atoms with van der Waals surface area (Å²) in [5, 5.41) is 0.475. The summed E-state index contributed by atoms with van der Waals surface area (Å²) in [4.78, 5) is 18.2. The van der Waals surface area contributed by atoms with Crippen LogP contribution in [0.2, 0.25) is 5.02 Å². The highest BCUT2D eigenvalue weighted by molar-refractivity contribution is 6.33. The Bertz CT molecular complexity index is 451. The van der Waals surface area contributed by atoms with Gasteiger partial charge in [-0.1, -0.05) is 11.6 Å². The van der Waals surface area contributed by atoms with E-state index in [1.807, 2.05) is 11.8 Å². The molecule has 1 fully saturated rings. The smallest absolute Gasteiger partial charge is 0.256 e. The number of carbonyl (C=O) groups excluding carboxylic acids is 1. The second-order valence-electron chi connectivity index (χ2n) is 4.67. The van der Waals surface area contributed by atoms with Crippen molar-refractivity contribution in [3.8, 4) is 0 Å². The topological polar surface area (TPSA) is 42.4 Å². The zero-order chi connectivity index (χ0) is 13.1. The van der Waals surface area contributed by atoms with E-state index in [4.69, 9.17) is 16.3 Å². The monoisotopic (exact) mass is 268 g/mol. The number of amides is 1. The molecule has 1 aliphatic heterocycles.